The highest BCUT2D eigenvalue weighted by atomic mass is 19.1. The summed E-state index contributed by atoms with van der Waals surface area (Å²) in [5.41, 5.74) is 2.16. The first kappa shape index (κ1) is 9.36. The van der Waals surface area contributed by atoms with Crippen molar-refractivity contribution >= 4 is 0 Å². The molecule has 0 saturated heterocycles. The molecule has 1 aliphatic rings. The van der Waals surface area contributed by atoms with Gasteiger partial charge < -0.3 is 9.84 Å². The first-order valence-electron chi connectivity index (χ1n) is 4.99. The predicted octanol–water partition coefficient (Wildman–Crippen LogP) is 2.88. The van der Waals surface area contributed by atoms with Crippen molar-refractivity contribution in [2.45, 2.75) is 6.29 Å². The van der Waals surface area contributed by atoms with Crippen molar-refractivity contribution in [1.82, 2.24) is 0 Å². The van der Waals surface area contributed by atoms with Gasteiger partial charge in [0.2, 0.25) is 6.29 Å². The summed E-state index contributed by atoms with van der Waals surface area (Å²) >= 11 is 0. The van der Waals surface area contributed by atoms with Crippen LogP contribution in [0.1, 0.15) is 11.9 Å². The lowest BCUT2D eigenvalue weighted by Crippen LogP contribution is -2.13. The van der Waals surface area contributed by atoms with Gasteiger partial charge in [-0.3, -0.25) is 0 Å². The third kappa shape index (κ3) is 1.29. The summed E-state index contributed by atoms with van der Waals surface area (Å²) in [6.45, 7) is 0. The number of halogens is 1. The molecule has 1 aliphatic heterocycles. The number of hydrogen-bond donors (Lipinski definition) is 1. The monoisotopic (exact) mass is 216 g/mol. The van der Waals surface area contributed by atoms with E-state index in [2.05, 4.69) is 0 Å². The summed E-state index contributed by atoms with van der Waals surface area (Å²) in [6, 6.07) is 11.6. The maximum atomic E-state index is 13.2. The molecule has 2 aromatic carbocycles. The van der Waals surface area contributed by atoms with E-state index >= 15 is 0 Å². The first-order chi connectivity index (χ1) is 7.75. The Bertz CT molecular complexity index is 551. The third-order valence-electron chi connectivity index (χ3n) is 2.70. The average molecular weight is 216 g/mol. The van der Waals surface area contributed by atoms with Gasteiger partial charge >= 0.3 is 0 Å². The molecule has 16 heavy (non-hydrogen) atoms. The van der Waals surface area contributed by atoms with E-state index in [9.17, 15) is 9.50 Å². The Morgan fingerprint density at radius 2 is 1.88 bits per heavy atom. The summed E-state index contributed by atoms with van der Waals surface area (Å²) < 4.78 is 18.5. The Balaban J connectivity index is 2.29. The van der Waals surface area contributed by atoms with E-state index < -0.39 is 6.29 Å². The summed E-state index contributed by atoms with van der Waals surface area (Å²) in [6.07, 6.45) is -0.978. The van der Waals surface area contributed by atoms with Crippen LogP contribution in [0.5, 0.6) is 5.75 Å². The number of rotatable bonds is 0. The third-order valence-corrected chi connectivity index (χ3v) is 2.70. The Labute approximate surface area is 91.9 Å². The van der Waals surface area contributed by atoms with Crippen LogP contribution >= 0.6 is 0 Å². The van der Waals surface area contributed by atoms with Crippen LogP contribution in [0.3, 0.4) is 0 Å². The molecule has 0 saturated carbocycles. The van der Waals surface area contributed by atoms with Crippen LogP contribution in [-0.2, 0) is 0 Å². The summed E-state index contributed by atoms with van der Waals surface area (Å²) in [4.78, 5) is 0. The molecular formula is C13H9FO2. The number of benzene rings is 2. The van der Waals surface area contributed by atoms with Gasteiger partial charge in [0.15, 0.2) is 0 Å². The zero-order chi connectivity index (χ0) is 11.1. The highest BCUT2D eigenvalue weighted by molar-refractivity contribution is 5.75. The number of ether oxygens (including phenoxy) is 1. The second-order valence-electron chi connectivity index (χ2n) is 3.70. The molecule has 0 radical (unpaired) electrons. The van der Waals surface area contributed by atoms with E-state index in [0.717, 1.165) is 5.56 Å². The Hall–Kier alpha value is -1.87. The molecule has 0 aliphatic carbocycles. The molecule has 2 aromatic rings. The summed E-state index contributed by atoms with van der Waals surface area (Å²) in [7, 11) is 0. The standard InChI is InChI=1S/C13H9FO2/c14-8-5-6-12-11(7-8)9-3-1-2-4-10(9)13(15)16-12/h1-7,13,15H. The van der Waals surface area contributed by atoms with Crippen LogP contribution in [0.4, 0.5) is 4.39 Å². The number of hydrogen-bond acceptors (Lipinski definition) is 2. The van der Waals surface area contributed by atoms with E-state index in [4.69, 9.17) is 4.74 Å². The minimum atomic E-state index is -0.978. The molecule has 0 fully saturated rings. The lowest BCUT2D eigenvalue weighted by Gasteiger charge is -2.24. The van der Waals surface area contributed by atoms with Crippen molar-refractivity contribution in [2.24, 2.45) is 0 Å². The van der Waals surface area contributed by atoms with E-state index in [-0.39, 0.29) is 5.82 Å². The van der Waals surface area contributed by atoms with Crippen molar-refractivity contribution in [3.8, 4) is 16.9 Å². The molecular weight excluding hydrogens is 207 g/mol. The fraction of sp³-hybridized carbons (Fsp3) is 0.0769. The summed E-state index contributed by atoms with van der Waals surface area (Å²) in [5, 5.41) is 9.76. The lowest BCUT2D eigenvalue weighted by atomic mass is 9.96. The molecule has 0 bridgehead atoms. The zero-order valence-corrected chi connectivity index (χ0v) is 8.35. The van der Waals surface area contributed by atoms with Gasteiger partial charge in [0.1, 0.15) is 11.6 Å². The van der Waals surface area contributed by atoms with E-state index in [1.54, 1.807) is 6.07 Å². The predicted molar refractivity (Wildman–Crippen MR) is 57.4 cm³/mol. The molecule has 2 nitrogen and oxygen atoms in total. The van der Waals surface area contributed by atoms with Crippen molar-refractivity contribution < 1.29 is 14.2 Å². The number of aliphatic hydroxyl groups is 1. The van der Waals surface area contributed by atoms with E-state index in [1.165, 1.54) is 18.2 Å². The molecule has 3 heteroatoms. The molecule has 1 atom stereocenters. The van der Waals surface area contributed by atoms with Crippen molar-refractivity contribution in [3.63, 3.8) is 0 Å². The quantitative estimate of drug-likeness (QED) is 0.733. The van der Waals surface area contributed by atoms with Crippen molar-refractivity contribution in [2.75, 3.05) is 0 Å². The highest BCUT2D eigenvalue weighted by Gasteiger charge is 2.23. The van der Waals surface area contributed by atoms with Crippen LogP contribution in [0.2, 0.25) is 0 Å². The van der Waals surface area contributed by atoms with Crippen LogP contribution in [0.15, 0.2) is 42.5 Å². The van der Waals surface area contributed by atoms with Gasteiger partial charge in [-0.05, 0) is 23.8 Å². The Morgan fingerprint density at radius 3 is 2.75 bits per heavy atom. The van der Waals surface area contributed by atoms with Gasteiger partial charge in [0.25, 0.3) is 0 Å². The Morgan fingerprint density at radius 1 is 1.06 bits per heavy atom. The van der Waals surface area contributed by atoms with Gasteiger partial charge in [-0.25, -0.2) is 4.39 Å². The van der Waals surface area contributed by atoms with Gasteiger partial charge in [-0.2, -0.15) is 0 Å². The summed E-state index contributed by atoms with van der Waals surface area (Å²) in [5.74, 6) is 0.196. The number of aliphatic hydroxyl groups excluding tert-OH is 1. The minimum absolute atomic E-state index is 0.312. The molecule has 80 valence electrons. The highest BCUT2D eigenvalue weighted by Crippen LogP contribution is 2.41. The largest absolute Gasteiger partial charge is 0.460 e. The van der Waals surface area contributed by atoms with E-state index in [1.807, 2.05) is 18.2 Å². The smallest absolute Gasteiger partial charge is 0.224 e. The Kier molecular flexibility index (Phi) is 1.94. The average Bonchev–Trinajstić information content (AvgIpc) is 2.31. The normalized spacial score (nSPS) is 17.2. The molecule has 0 spiro atoms. The maximum absolute atomic E-state index is 13.2. The van der Waals surface area contributed by atoms with Crippen LogP contribution in [-0.4, -0.2) is 5.11 Å². The minimum Gasteiger partial charge on any atom is -0.460 e. The second-order valence-corrected chi connectivity index (χ2v) is 3.70. The van der Waals surface area contributed by atoms with Gasteiger partial charge in [-0.1, -0.05) is 24.3 Å². The maximum Gasteiger partial charge on any atom is 0.224 e. The topological polar surface area (TPSA) is 29.5 Å². The van der Waals surface area contributed by atoms with Gasteiger partial charge in [-0.15, -0.1) is 0 Å². The number of fused-ring (bicyclic) bond motifs is 3. The van der Waals surface area contributed by atoms with Crippen LogP contribution in [0, 0.1) is 5.82 Å². The van der Waals surface area contributed by atoms with Crippen molar-refractivity contribution in [1.29, 1.82) is 0 Å². The van der Waals surface area contributed by atoms with Crippen LogP contribution in [0.25, 0.3) is 11.1 Å². The molecule has 0 amide bonds. The lowest BCUT2D eigenvalue weighted by molar-refractivity contribution is -0.0213. The SMILES string of the molecule is OC1Oc2ccc(F)cc2-c2ccccc21. The fourth-order valence-electron chi connectivity index (χ4n) is 1.96. The molecule has 1 heterocycles. The fourth-order valence-corrected chi connectivity index (χ4v) is 1.96. The van der Waals surface area contributed by atoms with Gasteiger partial charge in [0.05, 0.1) is 0 Å². The first-order valence-corrected chi connectivity index (χ1v) is 4.99. The molecule has 3 rings (SSSR count). The molecule has 1 N–H and O–H groups in total. The molecule has 1 unspecified atom stereocenters. The van der Waals surface area contributed by atoms with Gasteiger partial charge in [0, 0.05) is 11.1 Å². The second kappa shape index (κ2) is 3.32. The van der Waals surface area contributed by atoms with E-state index in [0.29, 0.717) is 16.9 Å². The zero-order valence-electron chi connectivity index (χ0n) is 8.35. The molecule has 0 aromatic heterocycles. The van der Waals surface area contributed by atoms with Crippen molar-refractivity contribution in [3.05, 3.63) is 53.8 Å². The van der Waals surface area contributed by atoms with Crippen LogP contribution < -0.4 is 4.74 Å².